The van der Waals surface area contributed by atoms with Gasteiger partial charge in [0.25, 0.3) is 0 Å². The van der Waals surface area contributed by atoms with Gasteiger partial charge in [-0.05, 0) is 40.8 Å². The van der Waals surface area contributed by atoms with Crippen molar-refractivity contribution in [1.82, 2.24) is 44.4 Å². The fourth-order valence-corrected chi connectivity index (χ4v) is 5.01. The average molecular weight is 551 g/mol. The largest absolute Gasteiger partial charge is 0.444 e. The zero-order valence-corrected chi connectivity index (χ0v) is 23.6. The van der Waals surface area contributed by atoms with Crippen LogP contribution >= 0.6 is 0 Å². The Hall–Kier alpha value is -4.00. The number of fused-ring (bicyclic) bond motifs is 1. The number of carbonyl (C=O) groups excluding carboxylic acids is 2. The number of hydrogen-bond acceptors (Lipinski definition) is 9. The zero-order chi connectivity index (χ0) is 28.2. The molecule has 2 N–H and O–H groups in total. The highest BCUT2D eigenvalue weighted by Crippen LogP contribution is 2.27. The molecule has 3 aromatic rings. The Morgan fingerprint density at radius 1 is 1.18 bits per heavy atom. The molecule has 3 aromatic heterocycles. The van der Waals surface area contributed by atoms with Gasteiger partial charge in [-0.3, -0.25) is 9.89 Å². The summed E-state index contributed by atoms with van der Waals surface area (Å²) in [6.45, 7) is 7.05. The van der Waals surface area contributed by atoms with Gasteiger partial charge >= 0.3 is 6.09 Å². The van der Waals surface area contributed by atoms with E-state index < -0.39 is 0 Å². The number of H-pyrrole nitrogens is 1. The molecule has 2 aliphatic heterocycles. The number of hydrogen-bond donors (Lipinski definition) is 2. The van der Waals surface area contributed by atoms with Crippen molar-refractivity contribution in [2.45, 2.75) is 51.3 Å². The van der Waals surface area contributed by atoms with Crippen LogP contribution < -0.4 is 5.32 Å². The molecule has 1 atom stereocenters. The first kappa shape index (κ1) is 27.6. The van der Waals surface area contributed by atoms with E-state index >= 15 is 0 Å². The number of ether oxygens (including phenoxy) is 1. The number of aromatic nitrogens is 6. The standard InChI is InChI=1S/C27H38N10O3/c1-18(2)37-17-28-23-25(32-24(33-26(23)37)19-14-29-30-15-19)31-20-7-11-35(12-8-20)27(39)40-21-9-13-36(16-21)22(38)6-5-10-34(3)4/h5-6,14-15,17-18,20-21H,7-13,16H2,1-4H3,(H,29,30)(H,31,32,33)/b6-5+. The van der Waals surface area contributed by atoms with E-state index in [2.05, 4.69) is 34.3 Å². The molecule has 2 saturated heterocycles. The number of nitrogens with zero attached hydrogens (tertiary/aromatic N) is 8. The fourth-order valence-electron chi connectivity index (χ4n) is 5.01. The van der Waals surface area contributed by atoms with Gasteiger partial charge in [0, 0.05) is 57.0 Å². The molecule has 13 heteroatoms. The van der Waals surface area contributed by atoms with Gasteiger partial charge < -0.3 is 29.3 Å². The van der Waals surface area contributed by atoms with Crippen LogP contribution in [0.3, 0.4) is 0 Å². The van der Waals surface area contributed by atoms with Gasteiger partial charge in [-0.15, -0.1) is 0 Å². The van der Waals surface area contributed by atoms with E-state index in [1.165, 1.54) is 0 Å². The lowest BCUT2D eigenvalue weighted by Crippen LogP contribution is -2.44. The minimum absolute atomic E-state index is 0.0414. The molecule has 5 rings (SSSR count). The van der Waals surface area contributed by atoms with E-state index in [-0.39, 0.29) is 30.2 Å². The summed E-state index contributed by atoms with van der Waals surface area (Å²) in [4.78, 5) is 44.9. The molecule has 0 saturated carbocycles. The third-order valence-electron chi connectivity index (χ3n) is 7.28. The second-order valence-corrected chi connectivity index (χ2v) is 10.9. The fraction of sp³-hybridized carbons (Fsp3) is 0.556. The van der Waals surface area contributed by atoms with Crippen molar-refractivity contribution in [1.29, 1.82) is 0 Å². The summed E-state index contributed by atoms with van der Waals surface area (Å²) < 4.78 is 7.80. The van der Waals surface area contributed by atoms with Crippen molar-refractivity contribution in [2.24, 2.45) is 0 Å². The van der Waals surface area contributed by atoms with Gasteiger partial charge in [-0.25, -0.2) is 19.7 Å². The van der Waals surface area contributed by atoms with Crippen molar-refractivity contribution >= 4 is 29.0 Å². The Bertz CT molecular complexity index is 1340. The number of carbonyl (C=O) groups is 2. The zero-order valence-electron chi connectivity index (χ0n) is 23.6. The molecular weight excluding hydrogens is 512 g/mol. The van der Waals surface area contributed by atoms with Crippen LogP contribution in [0.2, 0.25) is 0 Å². The monoisotopic (exact) mass is 550 g/mol. The predicted molar refractivity (Wildman–Crippen MR) is 151 cm³/mol. The molecule has 13 nitrogen and oxygen atoms in total. The van der Waals surface area contributed by atoms with Crippen molar-refractivity contribution < 1.29 is 14.3 Å². The number of amides is 2. The summed E-state index contributed by atoms with van der Waals surface area (Å²) >= 11 is 0. The maximum atomic E-state index is 12.9. The first-order chi connectivity index (χ1) is 19.3. The van der Waals surface area contributed by atoms with Gasteiger partial charge in [0.15, 0.2) is 17.3 Å². The molecule has 40 heavy (non-hydrogen) atoms. The number of rotatable bonds is 8. The first-order valence-corrected chi connectivity index (χ1v) is 13.8. The molecule has 1 unspecified atom stereocenters. The van der Waals surface area contributed by atoms with E-state index in [9.17, 15) is 9.59 Å². The summed E-state index contributed by atoms with van der Waals surface area (Å²) in [5, 5.41) is 10.4. The number of anilines is 1. The Morgan fingerprint density at radius 3 is 2.65 bits per heavy atom. The third-order valence-corrected chi connectivity index (χ3v) is 7.28. The maximum Gasteiger partial charge on any atom is 0.410 e. The number of likely N-dealkylation sites (tertiary alicyclic amines) is 2. The molecule has 2 aliphatic rings. The lowest BCUT2D eigenvalue weighted by molar-refractivity contribution is -0.125. The molecule has 0 aliphatic carbocycles. The second-order valence-electron chi connectivity index (χ2n) is 10.9. The molecule has 0 bridgehead atoms. The molecule has 2 amide bonds. The molecule has 0 radical (unpaired) electrons. The van der Waals surface area contributed by atoms with Crippen LogP contribution in [0, 0.1) is 0 Å². The summed E-state index contributed by atoms with van der Waals surface area (Å²) in [6.07, 6.45) is 10.3. The van der Waals surface area contributed by atoms with E-state index in [1.54, 1.807) is 34.6 Å². The van der Waals surface area contributed by atoms with Crippen molar-refractivity contribution in [3.05, 3.63) is 30.9 Å². The highest BCUT2D eigenvalue weighted by molar-refractivity contribution is 5.88. The first-order valence-electron chi connectivity index (χ1n) is 13.8. The number of imidazole rings is 1. The summed E-state index contributed by atoms with van der Waals surface area (Å²) in [6, 6.07) is 0.320. The van der Waals surface area contributed by atoms with Gasteiger partial charge in [-0.2, -0.15) is 5.10 Å². The van der Waals surface area contributed by atoms with Crippen molar-refractivity contribution in [3.63, 3.8) is 0 Å². The predicted octanol–water partition coefficient (Wildman–Crippen LogP) is 2.53. The van der Waals surface area contributed by atoms with Crippen molar-refractivity contribution in [2.75, 3.05) is 52.1 Å². The Labute approximate surface area is 233 Å². The van der Waals surface area contributed by atoms with Crippen LogP contribution in [0.5, 0.6) is 0 Å². The SMILES string of the molecule is CC(C)n1cnc2c(NC3CCN(C(=O)OC4CCN(C(=O)/C=C/CN(C)C)C4)CC3)nc(-c3cn[nH]c3)nc21. The van der Waals surface area contributed by atoms with Gasteiger partial charge in [0.1, 0.15) is 11.6 Å². The minimum Gasteiger partial charge on any atom is -0.444 e. The molecular formula is C27H38N10O3. The van der Waals surface area contributed by atoms with E-state index in [1.807, 2.05) is 29.6 Å². The summed E-state index contributed by atoms with van der Waals surface area (Å²) in [5.74, 6) is 1.21. The van der Waals surface area contributed by atoms with Gasteiger partial charge in [0.2, 0.25) is 5.91 Å². The average Bonchev–Trinajstić information content (AvgIpc) is 3.69. The van der Waals surface area contributed by atoms with Crippen LogP contribution in [0.25, 0.3) is 22.6 Å². The lowest BCUT2D eigenvalue weighted by atomic mass is 10.1. The molecule has 2 fully saturated rings. The summed E-state index contributed by atoms with van der Waals surface area (Å²) in [5.41, 5.74) is 2.29. The van der Waals surface area contributed by atoms with Gasteiger partial charge in [0.05, 0.1) is 24.6 Å². The number of aromatic amines is 1. The third kappa shape index (κ3) is 6.24. The van der Waals surface area contributed by atoms with E-state index in [0.717, 1.165) is 29.6 Å². The lowest BCUT2D eigenvalue weighted by Gasteiger charge is -2.32. The van der Waals surface area contributed by atoms with Crippen LogP contribution in [0.1, 0.15) is 39.2 Å². The number of piperidine rings is 1. The van der Waals surface area contributed by atoms with Gasteiger partial charge in [-0.1, -0.05) is 6.08 Å². The van der Waals surface area contributed by atoms with Crippen LogP contribution in [-0.2, 0) is 9.53 Å². The van der Waals surface area contributed by atoms with Crippen molar-refractivity contribution in [3.8, 4) is 11.4 Å². The molecule has 0 aromatic carbocycles. The molecule has 214 valence electrons. The normalized spacial score (nSPS) is 18.5. The highest BCUT2D eigenvalue weighted by atomic mass is 16.6. The highest BCUT2D eigenvalue weighted by Gasteiger charge is 2.31. The maximum absolute atomic E-state index is 12.9. The summed E-state index contributed by atoms with van der Waals surface area (Å²) in [7, 11) is 3.91. The molecule has 0 spiro atoms. The number of nitrogens with one attached hydrogen (secondary N) is 2. The Balaban J connectivity index is 1.16. The Kier molecular flexibility index (Phi) is 8.29. The van der Waals surface area contributed by atoms with E-state index in [0.29, 0.717) is 50.8 Å². The van der Waals surface area contributed by atoms with Crippen LogP contribution in [0.4, 0.5) is 10.6 Å². The molecule has 5 heterocycles. The van der Waals surface area contributed by atoms with E-state index in [4.69, 9.17) is 14.7 Å². The minimum atomic E-state index is -0.316. The number of likely N-dealkylation sites (N-methyl/N-ethyl adjacent to an activating group) is 1. The van der Waals surface area contributed by atoms with Crippen LogP contribution in [-0.4, -0.2) is 115 Å². The second kappa shape index (κ2) is 12.0. The topological polar surface area (TPSA) is 137 Å². The smallest absolute Gasteiger partial charge is 0.410 e. The van der Waals surface area contributed by atoms with Crippen LogP contribution in [0.15, 0.2) is 30.9 Å². The quantitative estimate of drug-likeness (QED) is 0.405. The Morgan fingerprint density at radius 2 is 1.95 bits per heavy atom.